The minimum absolute atomic E-state index is 0.220. The van der Waals surface area contributed by atoms with Gasteiger partial charge in [-0.3, -0.25) is 4.90 Å². The molecular formula is C13H21FN2. The summed E-state index contributed by atoms with van der Waals surface area (Å²) in [5.41, 5.74) is 7.36. The molecule has 0 aromatic heterocycles. The summed E-state index contributed by atoms with van der Waals surface area (Å²) in [4.78, 5) is 2.23. The molecule has 0 atom stereocenters. The van der Waals surface area contributed by atoms with Gasteiger partial charge in [-0.15, -0.1) is 0 Å². The fraction of sp³-hybridized carbons (Fsp3) is 0.538. The molecule has 0 aliphatic carbocycles. The molecule has 0 bridgehead atoms. The number of benzene rings is 1. The van der Waals surface area contributed by atoms with Crippen LogP contribution in [0.1, 0.15) is 32.3 Å². The monoisotopic (exact) mass is 224 g/mol. The van der Waals surface area contributed by atoms with Crippen molar-refractivity contribution in [2.24, 2.45) is 0 Å². The largest absolute Gasteiger partial charge is 0.398 e. The Hall–Kier alpha value is -1.09. The Morgan fingerprint density at radius 3 is 2.50 bits per heavy atom. The number of hydrogen-bond acceptors (Lipinski definition) is 2. The highest BCUT2D eigenvalue weighted by Crippen LogP contribution is 2.17. The zero-order valence-corrected chi connectivity index (χ0v) is 10.3. The summed E-state index contributed by atoms with van der Waals surface area (Å²) in [6.07, 6.45) is 2.20. The van der Waals surface area contributed by atoms with E-state index in [1.165, 1.54) is 12.1 Å². The van der Waals surface area contributed by atoms with Gasteiger partial charge in [-0.05, 0) is 43.7 Å². The second-order valence-corrected chi connectivity index (χ2v) is 4.23. The maximum absolute atomic E-state index is 13.1. The van der Waals surface area contributed by atoms with Crippen LogP contribution in [0.25, 0.3) is 0 Å². The Labute approximate surface area is 97.3 Å². The molecule has 16 heavy (non-hydrogen) atoms. The molecule has 0 spiro atoms. The van der Waals surface area contributed by atoms with Crippen molar-refractivity contribution in [3.63, 3.8) is 0 Å². The van der Waals surface area contributed by atoms with E-state index in [2.05, 4.69) is 25.8 Å². The van der Waals surface area contributed by atoms with Gasteiger partial charge in [0.2, 0.25) is 0 Å². The highest BCUT2D eigenvalue weighted by Gasteiger charge is 2.12. The average molecular weight is 224 g/mol. The van der Waals surface area contributed by atoms with Gasteiger partial charge >= 0.3 is 0 Å². The number of nitrogen functional groups attached to an aromatic ring is 1. The topological polar surface area (TPSA) is 29.3 Å². The smallest absolute Gasteiger partial charge is 0.123 e. The molecule has 1 aromatic carbocycles. The maximum Gasteiger partial charge on any atom is 0.123 e. The Morgan fingerprint density at radius 2 is 1.94 bits per heavy atom. The van der Waals surface area contributed by atoms with E-state index in [1.807, 2.05) is 0 Å². The third-order valence-electron chi connectivity index (χ3n) is 3.09. The van der Waals surface area contributed by atoms with Gasteiger partial charge in [0.05, 0.1) is 0 Å². The zero-order chi connectivity index (χ0) is 12.1. The van der Waals surface area contributed by atoms with Gasteiger partial charge in [0.15, 0.2) is 0 Å². The van der Waals surface area contributed by atoms with E-state index in [9.17, 15) is 4.39 Å². The number of nitrogens with two attached hydrogens (primary N) is 1. The van der Waals surface area contributed by atoms with Crippen LogP contribution in [0.15, 0.2) is 18.2 Å². The SMILES string of the molecule is CCC(CC)N(C)Cc1cc(F)ccc1N. The first-order valence-corrected chi connectivity index (χ1v) is 5.82. The predicted octanol–water partition coefficient (Wildman–Crippen LogP) is 3.03. The van der Waals surface area contributed by atoms with Crippen molar-refractivity contribution in [2.45, 2.75) is 39.3 Å². The molecule has 1 aromatic rings. The molecule has 0 saturated carbocycles. The van der Waals surface area contributed by atoms with Gasteiger partial charge in [0.1, 0.15) is 5.82 Å². The van der Waals surface area contributed by atoms with Crippen LogP contribution in [0, 0.1) is 5.82 Å². The zero-order valence-electron chi connectivity index (χ0n) is 10.3. The van der Waals surface area contributed by atoms with Crippen molar-refractivity contribution in [1.82, 2.24) is 4.90 Å². The lowest BCUT2D eigenvalue weighted by atomic mass is 10.1. The number of rotatable bonds is 5. The summed E-state index contributed by atoms with van der Waals surface area (Å²) in [5, 5.41) is 0. The van der Waals surface area contributed by atoms with Crippen molar-refractivity contribution < 1.29 is 4.39 Å². The predicted molar refractivity (Wildman–Crippen MR) is 66.6 cm³/mol. The summed E-state index contributed by atoms with van der Waals surface area (Å²) in [6, 6.07) is 5.08. The second-order valence-electron chi connectivity index (χ2n) is 4.23. The minimum atomic E-state index is -0.220. The van der Waals surface area contributed by atoms with Gasteiger partial charge in [-0.25, -0.2) is 4.39 Å². The second kappa shape index (κ2) is 5.85. The van der Waals surface area contributed by atoms with Crippen LogP contribution >= 0.6 is 0 Å². The highest BCUT2D eigenvalue weighted by molar-refractivity contribution is 5.46. The summed E-state index contributed by atoms with van der Waals surface area (Å²) in [5.74, 6) is -0.220. The van der Waals surface area contributed by atoms with Gasteiger partial charge in [-0.1, -0.05) is 13.8 Å². The summed E-state index contributed by atoms with van der Waals surface area (Å²) in [6.45, 7) is 5.04. The number of hydrogen-bond donors (Lipinski definition) is 1. The molecule has 0 unspecified atom stereocenters. The van der Waals surface area contributed by atoms with E-state index in [1.54, 1.807) is 6.07 Å². The van der Waals surface area contributed by atoms with Crippen LogP contribution in [0.5, 0.6) is 0 Å². The fourth-order valence-electron chi connectivity index (χ4n) is 2.02. The van der Waals surface area contributed by atoms with E-state index >= 15 is 0 Å². The van der Waals surface area contributed by atoms with Crippen LogP contribution in [0.2, 0.25) is 0 Å². The van der Waals surface area contributed by atoms with Gasteiger partial charge in [0, 0.05) is 18.3 Å². The lowest BCUT2D eigenvalue weighted by Gasteiger charge is -2.26. The van der Waals surface area contributed by atoms with Crippen LogP contribution in [-0.2, 0) is 6.54 Å². The van der Waals surface area contributed by atoms with Crippen LogP contribution < -0.4 is 5.73 Å². The molecule has 0 saturated heterocycles. The number of nitrogens with zero attached hydrogens (tertiary/aromatic N) is 1. The third kappa shape index (κ3) is 3.20. The Kier molecular flexibility index (Phi) is 4.74. The van der Waals surface area contributed by atoms with E-state index in [0.717, 1.165) is 18.4 Å². The molecule has 0 heterocycles. The Morgan fingerprint density at radius 1 is 1.31 bits per heavy atom. The molecule has 0 radical (unpaired) electrons. The lowest BCUT2D eigenvalue weighted by Crippen LogP contribution is -2.30. The van der Waals surface area contributed by atoms with Crippen LogP contribution in [0.4, 0.5) is 10.1 Å². The van der Waals surface area contributed by atoms with Crippen molar-refractivity contribution >= 4 is 5.69 Å². The maximum atomic E-state index is 13.1. The molecule has 1 rings (SSSR count). The summed E-state index contributed by atoms with van der Waals surface area (Å²) < 4.78 is 13.1. The van der Waals surface area contributed by atoms with Crippen molar-refractivity contribution in [3.8, 4) is 0 Å². The molecule has 0 aliphatic heterocycles. The van der Waals surface area contributed by atoms with Gasteiger partial charge in [-0.2, -0.15) is 0 Å². The summed E-state index contributed by atoms with van der Waals surface area (Å²) >= 11 is 0. The fourth-order valence-corrected chi connectivity index (χ4v) is 2.02. The molecule has 0 fully saturated rings. The standard InChI is InChI=1S/C13H21FN2/c1-4-12(5-2)16(3)9-10-8-11(14)6-7-13(10)15/h6-8,12H,4-5,9,15H2,1-3H3. The van der Waals surface area contributed by atoms with E-state index in [4.69, 9.17) is 5.73 Å². The van der Waals surface area contributed by atoms with Crippen molar-refractivity contribution in [3.05, 3.63) is 29.6 Å². The van der Waals surface area contributed by atoms with Crippen molar-refractivity contribution in [1.29, 1.82) is 0 Å². The Bertz CT molecular complexity index is 335. The van der Waals surface area contributed by atoms with Crippen molar-refractivity contribution in [2.75, 3.05) is 12.8 Å². The number of anilines is 1. The van der Waals surface area contributed by atoms with Crippen LogP contribution in [-0.4, -0.2) is 18.0 Å². The molecule has 90 valence electrons. The summed E-state index contributed by atoms with van der Waals surface area (Å²) in [7, 11) is 2.06. The molecule has 0 amide bonds. The molecule has 2 N–H and O–H groups in total. The van der Waals surface area contributed by atoms with Gasteiger partial charge < -0.3 is 5.73 Å². The lowest BCUT2D eigenvalue weighted by molar-refractivity contribution is 0.222. The van der Waals surface area contributed by atoms with E-state index < -0.39 is 0 Å². The molecule has 3 heteroatoms. The first-order valence-electron chi connectivity index (χ1n) is 5.82. The van der Waals surface area contributed by atoms with Crippen LogP contribution in [0.3, 0.4) is 0 Å². The normalized spacial score (nSPS) is 11.4. The van der Waals surface area contributed by atoms with E-state index in [-0.39, 0.29) is 5.82 Å². The van der Waals surface area contributed by atoms with E-state index in [0.29, 0.717) is 18.3 Å². The molecule has 2 nitrogen and oxygen atoms in total. The third-order valence-corrected chi connectivity index (χ3v) is 3.09. The highest BCUT2D eigenvalue weighted by atomic mass is 19.1. The number of halogens is 1. The average Bonchev–Trinajstić information content (AvgIpc) is 2.25. The first kappa shape index (κ1) is 13.0. The first-order chi connectivity index (χ1) is 7.58. The Balaban J connectivity index is 2.75. The minimum Gasteiger partial charge on any atom is -0.398 e. The quantitative estimate of drug-likeness (QED) is 0.779. The molecular weight excluding hydrogens is 203 g/mol. The van der Waals surface area contributed by atoms with Gasteiger partial charge in [0.25, 0.3) is 0 Å². The molecule has 0 aliphatic rings.